The van der Waals surface area contributed by atoms with Crippen LogP contribution in [0.2, 0.25) is 0 Å². The summed E-state index contributed by atoms with van der Waals surface area (Å²) in [6.07, 6.45) is 2.36. The molecule has 1 aliphatic rings. The molecule has 176 valence electrons. The summed E-state index contributed by atoms with van der Waals surface area (Å²) >= 11 is 0. The van der Waals surface area contributed by atoms with Crippen molar-refractivity contribution >= 4 is 33.1 Å². The first kappa shape index (κ1) is 24.1. The molecule has 32 heavy (non-hydrogen) atoms. The number of nitrogens with zero attached hydrogens (tertiary/aromatic N) is 3. The first-order chi connectivity index (χ1) is 15.0. The van der Waals surface area contributed by atoms with Crippen LogP contribution in [0.5, 0.6) is 0 Å². The molecular formula is C22H31N3O6S. The molecule has 0 radical (unpaired) electrons. The minimum atomic E-state index is -3.74. The van der Waals surface area contributed by atoms with E-state index < -0.39 is 27.8 Å². The molecule has 0 saturated carbocycles. The van der Waals surface area contributed by atoms with E-state index >= 15 is 0 Å². The van der Waals surface area contributed by atoms with Gasteiger partial charge in [-0.05, 0) is 51.5 Å². The van der Waals surface area contributed by atoms with Crippen molar-refractivity contribution in [2.24, 2.45) is 0 Å². The molecule has 0 aliphatic carbocycles. The van der Waals surface area contributed by atoms with Crippen molar-refractivity contribution in [3.8, 4) is 0 Å². The Balaban J connectivity index is 1.70. The number of fused-ring (bicyclic) bond motifs is 1. The van der Waals surface area contributed by atoms with Crippen molar-refractivity contribution < 1.29 is 27.5 Å². The Morgan fingerprint density at radius 1 is 1.03 bits per heavy atom. The van der Waals surface area contributed by atoms with Gasteiger partial charge in [-0.25, -0.2) is 18.0 Å². The molecule has 2 heterocycles. The minimum Gasteiger partial charge on any atom is -0.449 e. The molecule has 1 fully saturated rings. The Bertz CT molecular complexity index is 1080. The summed E-state index contributed by atoms with van der Waals surface area (Å²) in [7, 11) is -3.74. The van der Waals surface area contributed by atoms with Gasteiger partial charge in [0.1, 0.15) is 5.60 Å². The van der Waals surface area contributed by atoms with Gasteiger partial charge in [0.05, 0.1) is 17.0 Å². The minimum absolute atomic E-state index is 0.146. The Kier molecular flexibility index (Phi) is 7.14. The lowest BCUT2D eigenvalue weighted by atomic mass is 10.2. The third-order valence-electron chi connectivity index (χ3n) is 5.11. The van der Waals surface area contributed by atoms with E-state index in [0.29, 0.717) is 17.5 Å². The molecule has 0 atom stereocenters. The fourth-order valence-corrected chi connectivity index (χ4v) is 4.86. The van der Waals surface area contributed by atoms with E-state index in [4.69, 9.17) is 9.47 Å². The number of sulfonamides is 1. The molecule has 0 spiro atoms. The normalized spacial score (nSPS) is 15.7. The van der Waals surface area contributed by atoms with Crippen molar-refractivity contribution in [3.05, 3.63) is 30.5 Å². The van der Waals surface area contributed by atoms with E-state index in [1.807, 2.05) is 6.92 Å². The maximum Gasteiger partial charge on any atom is 0.418 e. The number of rotatable bonds is 5. The summed E-state index contributed by atoms with van der Waals surface area (Å²) in [6, 6.07) is 6.35. The van der Waals surface area contributed by atoms with Gasteiger partial charge in [-0.3, -0.25) is 4.57 Å². The van der Waals surface area contributed by atoms with E-state index in [-0.39, 0.29) is 31.1 Å². The summed E-state index contributed by atoms with van der Waals surface area (Å²) in [5.41, 5.74) is -0.0191. The molecule has 10 heteroatoms. The highest BCUT2D eigenvalue weighted by molar-refractivity contribution is 7.89. The molecule has 1 aromatic heterocycles. The maximum absolute atomic E-state index is 13.1. The lowest BCUT2D eigenvalue weighted by Gasteiger charge is -2.35. The molecule has 1 aliphatic heterocycles. The predicted molar refractivity (Wildman–Crippen MR) is 120 cm³/mol. The average molecular weight is 466 g/mol. The van der Waals surface area contributed by atoms with Crippen molar-refractivity contribution in [1.82, 2.24) is 13.8 Å². The van der Waals surface area contributed by atoms with Crippen LogP contribution in [0.25, 0.3) is 10.9 Å². The largest absolute Gasteiger partial charge is 0.449 e. The smallest absolute Gasteiger partial charge is 0.418 e. The second-order valence-electron chi connectivity index (χ2n) is 8.75. The van der Waals surface area contributed by atoms with Crippen LogP contribution in [0.4, 0.5) is 9.59 Å². The van der Waals surface area contributed by atoms with E-state index in [0.717, 1.165) is 12.8 Å². The zero-order valence-electron chi connectivity index (χ0n) is 19.0. The first-order valence-electron chi connectivity index (χ1n) is 10.8. The van der Waals surface area contributed by atoms with Crippen molar-refractivity contribution in [1.29, 1.82) is 0 Å². The summed E-state index contributed by atoms with van der Waals surface area (Å²) in [6.45, 7) is 8.62. The monoisotopic (exact) mass is 465 g/mol. The Morgan fingerprint density at radius 2 is 1.72 bits per heavy atom. The van der Waals surface area contributed by atoms with E-state index in [1.165, 1.54) is 19.8 Å². The lowest BCUT2D eigenvalue weighted by Crippen LogP contribution is -2.51. The highest BCUT2D eigenvalue weighted by Gasteiger charge is 2.32. The third kappa shape index (κ3) is 5.42. The van der Waals surface area contributed by atoms with E-state index in [1.54, 1.807) is 45.2 Å². The number of unbranched alkanes of at least 4 members (excludes halogenated alkanes) is 1. The topological polar surface area (TPSA) is 98.1 Å². The van der Waals surface area contributed by atoms with Gasteiger partial charge < -0.3 is 14.4 Å². The summed E-state index contributed by atoms with van der Waals surface area (Å²) < 4.78 is 39.6. The van der Waals surface area contributed by atoms with Crippen LogP contribution in [0.1, 0.15) is 40.5 Å². The van der Waals surface area contributed by atoms with Gasteiger partial charge >= 0.3 is 12.2 Å². The fourth-order valence-electron chi connectivity index (χ4n) is 3.40. The number of piperazine rings is 1. The van der Waals surface area contributed by atoms with Crippen molar-refractivity contribution in [2.45, 2.75) is 51.0 Å². The highest BCUT2D eigenvalue weighted by Crippen LogP contribution is 2.24. The van der Waals surface area contributed by atoms with Gasteiger partial charge in [0.2, 0.25) is 10.0 Å². The lowest BCUT2D eigenvalue weighted by molar-refractivity contribution is 0.0192. The van der Waals surface area contributed by atoms with E-state index in [9.17, 15) is 18.0 Å². The van der Waals surface area contributed by atoms with Gasteiger partial charge in [0, 0.05) is 37.8 Å². The fraction of sp³-hybridized carbons (Fsp3) is 0.545. The molecule has 0 bridgehead atoms. The second-order valence-corrected chi connectivity index (χ2v) is 10.7. The number of benzene rings is 1. The van der Waals surface area contributed by atoms with Gasteiger partial charge in [-0.15, -0.1) is 0 Å². The number of amides is 1. The van der Waals surface area contributed by atoms with Crippen LogP contribution >= 0.6 is 0 Å². The zero-order chi connectivity index (χ0) is 23.5. The SMILES string of the molecule is CCCCOC(=O)n1ccc2cc(S(=O)(=O)N3CCN(C(=O)OC(C)(C)C)CC3)ccc21. The second kappa shape index (κ2) is 9.50. The summed E-state index contributed by atoms with van der Waals surface area (Å²) in [5, 5.41) is 0.630. The number of hydrogen-bond donors (Lipinski definition) is 0. The number of carbonyl (C=O) groups excluding carboxylic acids is 2. The van der Waals surface area contributed by atoms with Gasteiger partial charge in [-0.1, -0.05) is 13.3 Å². The van der Waals surface area contributed by atoms with Crippen LogP contribution in [0.15, 0.2) is 35.4 Å². The predicted octanol–water partition coefficient (Wildman–Crippen LogP) is 3.67. The molecule has 1 amide bonds. The molecule has 0 N–H and O–H groups in total. The first-order valence-corrected chi connectivity index (χ1v) is 12.2. The maximum atomic E-state index is 13.1. The molecule has 1 aromatic carbocycles. The number of hydrogen-bond acceptors (Lipinski definition) is 6. The van der Waals surface area contributed by atoms with Crippen LogP contribution in [0, 0.1) is 0 Å². The Labute approximate surface area is 188 Å². The Morgan fingerprint density at radius 3 is 2.34 bits per heavy atom. The van der Waals surface area contributed by atoms with Crippen LogP contribution in [0.3, 0.4) is 0 Å². The summed E-state index contributed by atoms with van der Waals surface area (Å²) in [4.78, 5) is 26.2. The van der Waals surface area contributed by atoms with Crippen molar-refractivity contribution in [2.75, 3.05) is 32.8 Å². The molecular weight excluding hydrogens is 434 g/mol. The van der Waals surface area contributed by atoms with Gasteiger partial charge in [0.25, 0.3) is 0 Å². The van der Waals surface area contributed by atoms with Gasteiger partial charge in [0.15, 0.2) is 0 Å². The molecule has 9 nitrogen and oxygen atoms in total. The van der Waals surface area contributed by atoms with Crippen LogP contribution in [-0.2, 0) is 19.5 Å². The van der Waals surface area contributed by atoms with Crippen molar-refractivity contribution in [3.63, 3.8) is 0 Å². The molecule has 1 saturated heterocycles. The Hall–Kier alpha value is -2.59. The summed E-state index contributed by atoms with van der Waals surface area (Å²) in [5.74, 6) is 0. The van der Waals surface area contributed by atoms with E-state index in [2.05, 4.69) is 0 Å². The average Bonchev–Trinajstić information content (AvgIpc) is 3.16. The van der Waals surface area contributed by atoms with Crippen LogP contribution in [-0.4, -0.2) is 72.8 Å². The molecule has 0 unspecified atom stereocenters. The van der Waals surface area contributed by atoms with Gasteiger partial charge in [-0.2, -0.15) is 4.31 Å². The third-order valence-corrected chi connectivity index (χ3v) is 7.00. The zero-order valence-corrected chi connectivity index (χ0v) is 19.9. The number of ether oxygens (including phenoxy) is 2. The standard InChI is InChI=1S/C22H31N3O6S/c1-5-6-15-30-21(27)25-10-9-17-16-18(7-8-19(17)25)32(28,29)24-13-11-23(12-14-24)20(26)31-22(2,3)4/h7-10,16H,5-6,11-15H2,1-4H3. The number of carbonyl (C=O) groups is 2. The number of aromatic nitrogens is 1. The van der Waals surface area contributed by atoms with Crippen LogP contribution < -0.4 is 0 Å². The molecule has 3 rings (SSSR count). The highest BCUT2D eigenvalue weighted by atomic mass is 32.2. The molecule has 2 aromatic rings. The quantitative estimate of drug-likeness (QED) is 0.625.